The molecule has 2 aliphatic rings. The van der Waals surface area contributed by atoms with Gasteiger partial charge in [-0.25, -0.2) is 0 Å². The van der Waals surface area contributed by atoms with E-state index >= 15 is 0 Å². The van der Waals surface area contributed by atoms with Crippen molar-refractivity contribution in [1.82, 2.24) is 0 Å². The zero-order chi connectivity index (χ0) is 12.5. The van der Waals surface area contributed by atoms with Gasteiger partial charge in [-0.2, -0.15) is 0 Å². The van der Waals surface area contributed by atoms with Gasteiger partial charge < -0.3 is 9.47 Å². The molecule has 3 heteroatoms. The molecule has 1 fully saturated rings. The molecule has 0 N–H and O–H groups in total. The highest BCUT2D eigenvalue weighted by Gasteiger charge is 2.37. The molecule has 3 rings (SSSR count). The number of hydrogen-bond acceptors (Lipinski definition) is 3. The Morgan fingerprint density at radius 2 is 2.06 bits per heavy atom. The van der Waals surface area contributed by atoms with Gasteiger partial charge in [0.05, 0.1) is 12.5 Å². The molecule has 3 unspecified atom stereocenters. The number of para-hydroxylation sites is 1. The van der Waals surface area contributed by atoms with E-state index in [9.17, 15) is 4.79 Å². The lowest BCUT2D eigenvalue weighted by molar-refractivity contribution is -0.131. The van der Waals surface area contributed by atoms with E-state index in [1.54, 1.807) is 0 Å². The summed E-state index contributed by atoms with van der Waals surface area (Å²) >= 11 is 0. The van der Waals surface area contributed by atoms with E-state index in [0.717, 1.165) is 24.2 Å². The highest BCUT2D eigenvalue weighted by atomic mass is 16.5. The van der Waals surface area contributed by atoms with E-state index in [-0.39, 0.29) is 17.8 Å². The van der Waals surface area contributed by atoms with E-state index in [4.69, 9.17) is 9.47 Å². The van der Waals surface area contributed by atoms with Crippen molar-refractivity contribution < 1.29 is 14.3 Å². The molecule has 3 atom stereocenters. The van der Waals surface area contributed by atoms with Crippen molar-refractivity contribution in [2.75, 3.05) is 13.2 Å². The molecule has 0 amide bonds. The summed E-state index contributed by atoms with van der Waals surface area (Å²) in [6.45, 7) is 3.43. The van der Waals surface area contributed by atoms with Crippen molar-refractivity contribution in [1.29, 1.82) is 0 Å². The van der Waals surface area contributed by atoms with Crippen molar-refractivity contribution in [3.8, 4) is 5.75 Å². The molecule has 0 aromatic heterocycles. The second-order valence-electron chi connectivity index (χ2n) is 5.19. The van der Waals surface area contributed by atoms with Gasteiger partial charge in [0.15, 0.2) is 5.78 Å². The first-order valence-corrected chi connectivity index (χ1v) is 6.64. The fourth-order valence-electron chi connectivity index (χ4n) is 2.89. The predicted molar refractivity (Wildman–Crippen MR) is 67.8 cm³/mol. The van der Waals surface area contributed by atoms with Crippen LogP contribution in [0, 0.1) is 5.92 Å². The maximum atomic E-state index is 12.6. The Bertz CT molecular complexity index is 455. The first-order valence-electron chi connectivity index (χ1n) is 6.64. The van der Waals surface area contributed by atoms with Crippen LogP contribution in [0.25, 0.3) is 0 Å². The number of carbonyl (C=O) groups excluding carboxylic acids is 1. The molecule has 1 aromatic rings. The lowest BCUT2D eigenvalue weighted by Gasteiger charge is -2.27. The minimum Gasteiger partial charge on any atom is -0.493 e. The molecule has 2 aliphatic heterocycles. The molecule has 0 saturated carbocycles. The summed E-state index contributed by atoms with van der Waals surface area (Å²) in [5.74, 6) is 1.37. The summed E-state index contributed by atoms with van der Waals surface area (Å²) in [5.41, 5.74) is 1.02. The molecule has 18 heavy (non-hydrogen) atoms. The van der Waals surface area contributed by atoms with Crippen LogP contribution in [0.1, 0.15) is 31.2 Å². The van der Waals surface area contributed by atoms with Crippen LogP contribution in [-0.2, 0) is 9.53 Å². The second kappa shape index (κ2) is 4.73. The zero-order valence-corrected chi connectivity index (χ0v) is 10.6. The van der Waals surface area contributed by atoms with E-state index in [1.807, 2.05) is 24.3 Å². The van der Waals surface area contributed by atoms with Crippen LogP contribution in [0.15, 0.2) is 24.3 Å². The van der Waals surface area contributed by atoms with Crippen molar-refractivity contribution in [3.63, 3.8) is 0 Å². The Morgan fingerprint density at radius 3 is 2.83 bits per heavy atom. The lowest BCUT2D eigenvalue weighted by Crippen LogP contribution is -2.33. The van der Waals surface area contributed by atoms with Gasteiger partial charge in [-0.15, -0.1) is 0 Å². The Morgan fingerprint density at radius 1 is 1.22 bits per heavy atom. The van der Waals surface area contributed by atoms with E-state index in [0.29, 0.717) is 19.1 Å². The number of ether oxygens (including phenoxy) is 2. The molecule has 1 saturated heterocycles. The summed E-state index contributed by atoms with van der Waals surface area (Å²) in [6, 6.07) is 7.84. The summed E-state index contributed by atoms with van der Waals surface area (Å²) < 4.78 is 11.2. The minimum atomic E-state index is -0.221. The zero-order valence-electron chi connectivity index (χ0n) is 10.6. The SMILES string of the molecule is CC1CCOC1C(=O)C1CCOc2ccccc21. The van der Waals surface area contributed by atoms with Crippen molar-refractivity contribution in [2.45, 2.75) is 31.8 Å². The third-order valence-electron chi connectivity index (χ3n) is 3.97. The van der Waals surface area contributed by atoms with E-state index in [2.05, 4.69) is 6.92 Å². The van der Waals surface area contributed by atoms with E-state index < -0.39 is 0 Å². The van der Waals surface area contributed by atoms with E-state index in [1.165, 1.54) is 0 Å². The van der Waals surface area contributed by atoms with Crippen LogP contribution in [0.2, 0.25) is 0 Å². The third kappa shape index (κ3) is 1.93. The molecule has 0 radical (unpaired) electrons. The van der Waals surface area contributed by atoms with Crippen LogP contribution in [0.3, 0.4) is 0 Å². The number of hydrogen-bond donors (Lipinski definition) is 0. The van der Waals surface area contributed by atoms with Gasteiger partial charge in [-0.1, -0.05) is 25.1 Å². The Kier molecular flexibility index (Phi) is 3.08. The quantitative estimate of drug-likeness (QED) is 0.804. The topological polar surface area (TPSA) is 35.5 Å². The van der Waals surface area contributed by atoms with Crippen LogP contribution in [0.4, 0.5) is 0 Å². The number of fused-ring (bicyclic) bond motifs is 1. The second-order valence-corrected chi connectivity index (χ2v) is 5.19. The Labute approximate surface area is 107 Å². The highest BCUT2D eigenvalue weighted by Crippen LogP contribution is 2.37. The van der Waals surface area contributed by atoms with Gasteiger partial charge in [0, 0.05) is 12.2 Å². The molecule has 0 bridgehead atoms. The minimum absolute atomic E-state index is 0.0551. The molecule has 1 aromatic carbocycles. The summed E-state index contributed by atoms with van der Waals surface area (Å²) in [5, 5.41) is 0. The molecular weight excluding hydrogens is 228 g/mol. The van der Waals surface area contributed by atoms with Crippen molar-refractivity contribution in [3.05, 3.63) is 29.8 Å². The average molecular weight is 246 g/mol. The summed E-state index contributed by atoms with van der Waals surface area (Å²) in [7, 11) is 0. The predicted octanol–water partition coefficient (Wildman–Crippen LogP) is 2.55. The lowest BCUT2D eigenvalue weighted by atomic mass is 9.84. The number of benzene rings is 1. The summed E-state index contributed by atoms with van der Waals surface area (Å²) in [4.78, 5) is 12.6. The van der Waals surface area contributed by atoms with Crippen LogP contribution in [-0.4, -0.2) is 25.1 Å². The van der Waals surface area contributed by atoms with Gasteiger partial charge in [-0.3, -0.25) is 4.79 Å². The number of rotatable bonds is 2. The monoisotopic (exact) mass is 246 g/mol. The van der Waals surface area contributed by atoms with Gasteiger partial charge in [0.1, 0.15) is 11.9 Å². The van der Waals surface area contributed by atoms with Crippen molar-refractivity contribution in [2.24, 2.45) is 5.92 Å². The normalized spacial score (nSPS) is 30.6. The maximum Gasteiger partial charge on any atom is 0.169 e. The summed E-state index contributed by atoms with van der Waals surface area (Å²) in [6.07, 6.45) is 1.53. The van der Waals surface area contributed by atoms with Gasteiger partial charge in [-0.05, 0) is 24.8 Å². The highest BCUT2D eigenvalue weighted by molar-refractivity contribution is 5.91. The molecule has 96 valence electrons. The Balaban J connectivity index is 1.87. The van der Waals surface area contributed by atoms with Crippen LogP contribution >= 0.6 is 0 Å². The first kappa shape index (κ1) is 11.7. The maximum absolute atomic E-state index is 12.6. The van der Waals surface area contributed by atoms with Crippen LogP contribution < -0.4 is 4.74 Å². The largest absolute Gasteiger partial charge is 0.493 e. The fourth-order valence-corrected chi connectivity index (χ4v) is 2.89. The molecule has 0 aliphatic carbocycles. The standard InChI is InChI=1S/C15H18O3/c1-10-6-8-18-15(10)14(16)12-7-9-17-13-5-3-2-4-11(12)13/h2-5,10,12,15H,6-9H2,1H3. The molecule has 0 spiro atoms. The Hall–Kier alpha value is -1.35. The van der Waals surface area contributed by atoms with Gasteiger partial charge in [0.2, 0.25) is 0 Å². The smallest absolute Gasteiger partial charge is 0.169 e. The molecular formula is C15H18O3. The van der Waals surface area contributed by atoms with Crippen molar-refractivity contribution >= 4 is 5.78 Å². The van der Waals surface area contributed by atoms with Gasteiger partial charge in [0.25, 0.3) is 0 Å². The number of Topliss-reactive ketones (excluding diaryl/α,β-unsaturated/α-hetero) is 1. The first-order chi connectivity index (χ1) is 8.77. The number of carbonyl (C=O) groups is 1. The van der Waals surface area contributed by atoms with Crippen LogP contribution in [0.5, 0.6) is 5.75 Å². The average Bonchev–Trinajstić information content (AvgIpc) is 2.83. The fraction of sp³-hybridized carbons (Fsp3) is 0.533. The molecule has 3 nitrogen and oxygen atoms in total. The molecule has 2 heterocycles. The number of ketones is 1. The third-order valence-corrected chi connectivity index (χ3v) is 3.97. The van der Waals surface area contributed by atoms with Gasteiger partial charge >= 0.3 is 0 Å².